The predicted molar refractivity (Wildman–Crippen MR) is 252 cm³/mol. The van der Waals surface area contributed by atoms with Crippen LogP contribution in [0.2, 0.25) is 0 Å². The Labute approximate surface area is 422 Å². The van der Waals surface area contributed by atoms with Gasteiger partial charge in [0.1, 0.15) is 42.0 Å². The van der Waals surface area contributed by atoms with Crippen molar-refractivity contribution in [3.05, 3.63) is 48.0 Å². The summed E-state index contributed by atoms with van der Waals surface area (Å²) in [4.78, 5) is 110. The number of Topliss-reactive ketones (excluding diaryl/α,β-unsaturated/α-hetero) is 1. The topological polar surface area (TPSA) is 412 Å². The number of phosphoric ester groups is 3. The summed E-state index contributed by atoms with van der Waals surface area (Å²) in [6, 6.07) is 8.26. The SMILES string of the molecule is CC(C)(CCCCCc1ccccc1CCCCC(C)(C)C(=O)CCNC(=O)CCNC(=O)C(O)C(C)(C)COP(=O)([O-])OP(=O)([O-])OCC1OC(n2cnc3c(N)ncnc32)C(O)C1OP(=O)([O-])[O-])C(=O)O. The number of hydrogen-bond donors (Lipinski definition) is 6. The first kappa shape index (κ1) is 61.4. The minimum absolute atomic E-state index is 0.0276. The Bertz CT molecular complexity index is 2520. The molecule has 7 unspecified atom stereocenters. The lowest BCUT2D eigenvalue weighted by Crippen LogP contribution is -2.46. The van der Waals surface area contributed by atoms with E-state index in [4.69, 9.17) is 10.5 Å². The van der Waals surface area contributed by atoms with Crippen LogP contribution in [0.3, 0.4) is 0 Å². The molecule has 2 aromatic heterocycles. The number of phosphoric acid groups is 3. The zero-order valence-electron chi connectivity index (χ0n) is 41.5. The van der Waals surface area contributed by atoms with Crippen LogP contribution in [-0.2, 0) is 68.3 Å². The van der Waals surface area contributed by atoms with E-state index in [0.717, 1.165) is 62.2 Å². The molecule has 1 saturated heterocycles. The maximum atomic E-state index is 13.1. The number of hydrogen-bond acceptors (Lipinski definition) is 22. The molecule has 7 atom stereocenters. The number of nitrogens with zero attached hydrogens (tertiary/aromatic N) is 4. The summed E-state index contributed by atoms with van der Waals surface area (Å²) in [7, 11) is -17.7. The average molecular weight is 1090 g/mol. The number of aliphatic carboxylic acids is 1. The van der Waals surface area contributed by atoms with E-state index in [0.29, 0.717) is 12.8 Å². The molecule has 26 nitrogen and oxygen atoms in total. The van der Waals surface area contributed by atoms with Crippen LogP contribution in [0.15, 0.2) is 36.9 Å². The molecule has 410 valence electrons. The highest BCUT2D eigenvalue weighted by Crippen LogP contribution is 2.56. The molecule has 4 rings (SSSR count). The van der Waals surface area contributed by atoms with Crippen molar-refractivity contribution >= 4 is 64.0 Å². The van der Waals surface area contributed by atoms with E-state index in [1.54, 1.807) is 13.8 Å². The number of carbonyl (C=O) groups is 4. The number of anilines is 1. The number of ketones is 1. The molecule has 0 saturated carbocycles. The first-order valence-corrected chi connectivity index (χ1v) is 27.9. The number of nitrogen functional groups attached to an aromatic ring is 1. The number of carboxylic acid groups (broad SMARTS) is 1. The van der Waals surface area contributed by atoms with Crippen LogP contribution in [0.25, 0.3) is 11.2 Å². The van der Waals surface area contributed by atoms with Crippen molar-refractivity contribution in [1.82, 2.24) is 30.2 Å². The third-order valence-electron chi connectivity index (χ3n) is 12.4. The summed E-state index contributed by atoms with van der Waals surface area (Å²) < 4.78 is 61.0. The van der Waals surface area contributed by atoms with Crippen LogP contribution in [0.5, 0.6) is 0 Å². The van der Waals surface area contributed by atoms with Gasteiger partial charge in [-0.15, -0.1) is 0 Å². The number of fused-ring (bicyclic) bond motifs is 1. The zero-order valence-corrected chi connectivity index (χ0v) is 44.2. The van der Waals surface area contributed by atoms with E-state index in [2.05, 4.69) is 55.6 Å². The fourth-order valence-corrected chi connectivity index (χ4v) is 10.5. The number of rotatable bonds is 32. The van der Waals surface area contributed by atoms with Gasteiger partial charge in [0.15, 0.2) is 17.7 Å². The van der Waals surface area contributed by atoms with Gasteiger partial charge in [-0.3, -0.25) is 32.9 Å². The smallest absolute Gasteiger partial charge is 0.309 e. The quantitative estimate of drug-likeness (QED) is 0.0381. The van der Waals surface area contributed by atoms with Crippen LogP contribution in [0.1, 0.15) is 117 Å². The van der Waals surface area contributed by atoms with Crippen molar-refractivity contribution in [2.45, 2.75) is 143 Å². The standard InChI is InChI=1S/C44H70N7O19P3/c1-42(2,20-13-11-17-29-16-10-9-15-28(29)14-8-7-12-21-43(3,4)41(57)58)31(52)18-22-46-32(53)19-23-47-39(56)36(55)44(5,6)25-67-73(64,65)70-72(62,63)66-24-30-35(69-71(59,60)61)34(54)40(68-30)51-27-50-33-37(45)48-26-49-38(33)51/h9-10,15-16,26-27,30,34-36,40,54-55H,7-8,11-14,17-25H2,1-6H3,(H,46,53)(H,47,56)(H,57,58)(H,62,63)(H,64,65)(H2,45,48,49)(H2,59,60,61)/p-4. The van der Waals surface area contributed by atoms with Crippen LogP contribution in [-0.4, -0.2) is 109 Å². The van der Waals surface area contributed by atoms with Gasteiger partial charge < -0.3 is 74.1 Å². The van der Waals surface area contributed by atoms with Crippen molar-refractivity contribution in [1.29, 1.82) is 0 Å². The summed E-state index contributed by atoms with van der Waals surface area (Å²) in [5.41, 5.74) is 5.22. The van der Waals surface area contributed by atoms with Gasteiger partial charge in [-0.05, 0) is 63.5 Å². The fourth-order valence-electron chi connectivity index (χ4n) is 7.80. The molecule has 3 aromatic rings. The molecular formula is C44H66N7O19P3-4. The second kappa shape index (κ2) is 26.1. The van der Waals surface area contributed by atoms with E-state index in [9.17, 15) is 67.8 Å². The number of carbonyl (C=O) groups excluding carboxylic acids is 3. The Morgan fingerprint density at radius 3 is 2.05 bits per heavy atom. The minimum atomic E-state index is -5.95. The number of aromatic nitrogens is 4. The molecule has 1 aliphatic heterocycles. The molecule has 73 heavy (non-hydrogen) atoms. The lowest BCUT2D eigenvalue weighted by Gasteiger charge is -2.36. The number of imidazole rings is 1. The summed E-state index contributed by atoms with van der Waals surface area (Å²) >= 11 is 0. The van der Waals surface area contributed by atoms with E-state index in [-0.39, 0.29) is 48.7 Å². The van der Waals surface area contributed by atoms with Gasteiger partial charge in [0, 0.05) is 36.8 Å². The number of carboxylic acids is 1. The Morgan fingerprint density at radius 2 is 1.42 bits per heavy atom. The Morgan fingerprint density at radius 1 is 0.836 bits per heavy atom. The highest BCUT2D eigenvalue weighted by Gasteiger charge is 2.47. The van der Waals surface area contributed by atoms with Gasteiger partial charge in [0.25, 0.3) is 15.6 Å². The molecule has 1 aliphatic rings. The molecule has 0 bridgehead atoms. The lowest BCUT2D eigenvalue weighted by molar-refractivity contribution is -0.347. The maximum Gasteiger partial charge on any atom is 0.309 e. The van der Waals surface area contributed by atoms with Crippen molar-refractivity contribution in [2.75, 3.05) is 32.0 Å². The van der Waals surface area contributed by atoms with Gasteiger partial charge in [-0.2, -0.15) is 0 Å². The van der Waals surface area contributed by atoms with Crippen molar-refractivity contribution in [3.8, 4) is 0 Å². The first-order chi connectivity index (χ1) is 33.8. The van der Waals surface area contributed by atoms with E-state index < -0.39 is 101 Å². The number of unbranched alkanes of at least 4 members (excludes halogenated alkanes) is 3. The predicted octanol–water partition coefficient (Wildman–Crippen LogP) is 1.49. The lowest BCUT2D eigenvalue weighted by atomic mass is 9.81. The van der Waals surface area contributed by atoms with Crippen molar-refractivity contribution < 1.29 is 90.4 Å². The van der Waals surface area contributed by atoms with Crippen LogP contribution in [0.4, 0.5) is 5.82 Å². The number of amides is 2. The molecule has 29 heteroatoms. The number of aryl methyl sites for hydroxylation is 2. The monoisotopic (exact) mass is 1090 g/mol. The molecule has 0 spiro atoms. The summed E-state index contributed by atoms with van der Waals surface area (Å²) in [6.07, 6.45) is -0.144. The Balaban J connectivity index is 1.14. The molecule has 7 N–H and O–H groups in total. The van der Waals surface area contributed by atoms with Gasteiger partial charge in [-0.25, -0.2) is 19.3 Å². The zero-order chi connectivity index (χ0) is 54.6. The Kier molecular flexibility index (Phi) is 22.0. The molecule has 1 fully saturated rings. The highest BCUT2D eigenvalue weighted by molar-refractivity contribution is 7.59. The third kappa shape index (κ3) is 18.9. The number of benzene rings is 1. The van der Waals surface area contributed by atoms with Gasteiger partial charge in [0.05, 0.1) is 32.8 Å². The van der Waals surface area contributed by atoms with Crippen molar-refractivity contribution in [2.24, 2.45) is 16.2 Å². The molecule has 1 aromatic carbocycles. The van der Waals surface area contributed by atoms with E-state index in [1.165, 1.54) is 25.0 Å². The molecule has 3 heterocycles. The number of ether oxygens (including phenoxy) is 1. The number of aliphatic hydroxyl groups excluding tert-OH is 2. The first-order valence-electron chi connectivity index (χ1n) is 23.5. The van der Waals surface area contributed by atoms with E-state index in [1.807, 2.05) is 26.0 Å². The average Bonchev–Trinajstić information content (AvgIpc) is 3.86. The summed E-state index contributed by atoms with van der Waals surface area (Å²) in [6.45, 7) is 7.10. The van der Waals surface area contributed by atoms with E-state index >= 15 is 0 Å². The normalized spacial score (nSPS) is 19.8. The molecule has 2 amide bonds. The molecule has 0 aliphatic carbocycles. The summed E-state index contributed by atoms with van der Waals surface area (Å²) in [5, 5.41) is 35.9. The molecule has 0 radical (unpaired) electrons. The van der Waals surface area contributed by atoms with Gasteiger partial charge >= 0.3 is 5.97 Å². The molecular weight excluding hydrogens is 1020 g/mol. The van der Waals surface area contributed by atoms with Crippen LogP contribution < -0.4 is 35.9 Å². The van der Waals surface area contributed by atoms with Gasteiger partial charge in [0.2, 0.25) is 11.8 Å². The Hall–Kier alpha value is -4.10. The highest BCUT2D eigenvalue weighted by atomic mass is 31.3. The second-order valence-electron chi connectivity index (χ2n) is 19.8. The number of nitrogens with two attached hydrogens (primary N) is 1. The van der Waals surface area contributed by atoms with Gasteiger partial charge in [-0.1, -0.05) is 71.2 Å². The third-order valence-corrected chi connectivity index (χ3v) is 15.4. The summed E-state index contributed by atoms with van der Waals surface area (Å²) in [5.74, 6) is -2.44. The van der Waals surface area contributed by atoms with Crippen molar-refractivity contribution in [3.63, 3.8) is 0 Å². The number of nitrogens with one attached hydrogen (secondary N) is 2. The minimum Gasteiger partial charge on any atom is -0.790 e. The van der Waals surface area contributed by atoms with Crippen LogP contribution >= 0.6 is 23.5 Å². The maximum absolute atomic E-state index is 13.1. The van der Waals surface area contributed by atoms with Crippen LogP contribution in [0, 0.1) is 16.2 Å². The number of aliphatic hydroxyl groups is 2. The second-order valence-corrected chi connectivity index (χ2v) is 23.8. The fraction of sp³-hybridized carbons (Fsp3) is 0.659. The largest absolute Gasteiger partial charge is 0.790 e.